The molecule has 0 atom stereocenters. The Morgan fingerprint density at radius 3 is 1.83 bits per heavy atom. The summed E-state index contributed by atoms with van der Waals surface area (Å²) >= 11 is 0. The Morgan fingerprint density at radius 1 is 0.944 bits per heavy atom. The summed E-state index contributed by atoms with van der Waals surface area (Å²) in [5.41, 5.74) is 12.0. The average Bonchev–Trinajstić information content (AvgIpc) is 2.51. The van der Waals surface area contributed by atoms with E-state index in [-0.39, 0.29) is 0 Å². The number of benzene rings is 1. The first-order valence-electron chi connectivity index (χ1n) is 7.31. The first-order valence-corrected chi connectivity index (χ1v) is 7.31. The van der Waals surface area contributed by atoms with Crippen LogP contribution in [0.1, 0.15) is 51.5 Å². The van der Waals surface area contributed by atoms with Gasteiger partial charge < -0.3 is 11.5 Å². The van der Waals surface area contributed by atoms with E-state index in [1.165, 1.54) is 37.7 Å². The molecule has 1 aromatic rings. The Hall–Kier alpha value is -0.860. The van der Waals surface area contributed by atoms with E-state index in [0.29, 0.717) is 6.54 Å². The maximum atomic E-state index is 5.50. The van der Waals surface area contributed by atoms with Crippen LogP contribution in [0.4, 0.5) is 0 Å². The van der Waals surface area contributed by atoms with E-state index in [9.17, 15) is 0 Å². The van der Waals surface area contributed by atoms with Gasteiger partial charge in [-0.2, -0.15) is 0 Å². The van der Waals surface area contributed by atoms with E-state index in [2.05, 4.69) is 0 Å². The van der Waals surface area contributed by atoms with E-state index >= 15 is 0 Å². The standard InChI is InChI=1S/C7H15N.C7H9N.C2H6/c2*8-6-7-4-2-1-3-5-7;1-2/h7H,1-6,8H2;1-5H,6,8H2;1-2H3. The van der Waals surface area contributed by atoms with Crippen molar-refractivity contribution in [2.75, 3.05) is 6.54 Å². The topological polar surface area (TPSA) is 52.0 Å². The van der Waals surface area contributed by atoms with Gasteiger partial charge in [-0.15, -0.1) is 0 Å². The van der Waals surface area contributed by atoms with Crippen molar-refractivity contribution in [1.82, 2.24) is 0 Å². The lowest BCUT2D eigenvalue weighted by molar-refractivity contribution is 0.366. The highest BCUT2D eigenvalue weighted by Gasteiger charge is 2.09. The van der Waals surface area contributed by atoms with Crippen LogP contribution in [-0.4, -0.2) is 6.54 Å². The summed E-state index contributed by atoms with van der Waals surface area (Å²) < 4.78 is 0. The highest BCUT2D eigenvalue weighted by molar-refractivity contribution is 5.13. The molecule has 1 fully saturated rings. The predicted molar refractivity (Wildman–Crippen MR) is 81.3 cm³/mol. The molecular formula is C16H30N2. The van der Waals surface area contributed by atoms with Crippen molar-refractivity contribution in [3.63, 3.8) is 0 Å². The van der Waals surface area contributed by atoms with Gasteiger partial charge in [-0.1, -0.05) is 63.4 Å². The molecule has 1 aliphatic carbocycles. The number of hydrogen-bond donors (Lipinski definition) is 2. The van der Waals surface area contributed by atoms with Gasteiger partial charge in [0.1, 0.15) is 0 Å². The van der Waals surface area contributed by atoms with Gasteiger partial charge in [0, 0.05) is 6.54 Å². The second-order valence-electron chi connectivity index (χ2n) is 4.43. The van der Waals surface area contributed by atoms with Gasteiger partial charge in [0.05, 0.1) is 0 Å². The molecule has 2 rings (SSSR count). The Labute approximate surface area is 113 Å². The quantitative estimate of drug-likeness (QED) is 0.841. The minimum Gasteiger partial charge on any atom is -0.330 e. The molecule has 0 saturated heterocycles. The van der Waals surface area contributed by atoms with E-state index in [4.69, 9.17) is 11.5 Å². The molecule has 0 aromatic heterocycles. The highest BCUT2D eigenvalue weighted by Crippen LogP contribution is 2.21. The molecule has 104 valence electrons. The van der Waals surface area contributed by atoms with Gasteiger partial charge in [-0.3, -0.25) is 0 Å². The second kappa shape index (κ2) is 12.6. The zero-order chi connectivity index (χ0) is 13.6. The molecule has 0 spiro atoms. The average molecular weight is 250 g/mol. The van der Waals surface area contributed by atoms with Crippen LogP contribution >= 0.6 is 0 Å². The van der Waals surface area contributed by atoms with Gasteiger partial charge in [0.15, 0.2) is 0 Å². The zero-order valence-electron chi connectivity index (χ0n) is 12.1. The van der Waals surface area contributed by atoms with E-state index in [1.54, 1.807) is 0 Å². The third kappa shape index (κ3) is 8.26. The fourth-order valence-electron chi connectivity index (χ4n) is 2.04. The molecule has 0 amide bonds. The van der Waals surface area contributed by atoms with Crippen molar-refractivity contribution >= 4 is 0 Å². The normalized spacial score (nSPS) is 14.9. The van der Waals surface area contributed by atoms with Gasteiger partial charge in [-0.05, 0) is 30.9 Å². The van der Waals surface area contributed by atoms with Crippen LogP contribution in [0.15, 0.2) is 30.3 Å². The Balaban J connectivity index is 0.000000283. The number of nitrogens with two attached hydrogens (primary N) is 2. The zero-order valence-corrected chi connectivity index (χ0v) is 12.1. The van der Waals surface area contributed by atoms with Gasteiger partial charge in [0.25, 0.3) is 0 Å². The molecule has 0 aliphatic heterocycles. The number of hydrogen-bond acceptors (Lipinski definition) is 2. The monoisotopic (exact) mass is 250 g/mol. The molecule has 18 heavy (non-hydrogen) atoms. The van der Waals surface area contributed by atoms with Gasteiger partial charge >= 0.3 is 0 Å². The van der Waals surface area contributed by atoms with E-state index in [0.717, 1.165) is 12.5 Å². The Morgan fingerprint density at radius 2 is 1.50 bits per heavy atom. The largest absolute Gasteiger partial charge is 0.330 e. The Bertz CT molecular complexity index is 253. The minimum absolute atomic E-state index is 0.640. The maximum absolute atomic E-state index is 5.50. The summed E-state index contributed by atoms with van der Waals surface area (Å²) in [6.07, 6.45) is 7.05. The summed E-state index contributed by atoms with van der Waals surface area (Å²) in [7, 11) is 0. The lowest BCUT2D eigenvalue weighted by Crippen LogP contribution is -2.16. The third-order valence-corrected chi connectivity index (χ3v) is 3.14. The summed E-state index contributed by atoms with van der Waals surface area (Å²) in [5.74, 6) is 0.865. The second-order valence-corrected chi connectivity index (χ2v) is 4.43. The fraction of sp³-hybridized carbons (Fsp3) is 0.625. The van der Waals surface area contributed by atoms with E-state index < -0.39 is 0 Å². The summed E-state index contributed by atoms with van der Waals surface area (Å²) in [5, 5.41) is 0. The molecule has 1 aliphatic rings. The van der Waals surface area contributed by atoms with Crippen LogP contribution in [0.2, 0.25) is 0 Å². The Kier molecular flexibility index (Phi) is 12.0. The molecule has 0 bridgehead atoms. The minimum atomic E-state index is 0.640. The van der Waals surface area contributed by atoms with Crippen LogP contribution in [0, 0.1) is 5.92 Å². The maximum Gasteiger partial charge on any atom is 0.0178 e. The van der Waals surface area contributed by atoms with Crippen molar-refractivity contribution in [2.45, 2.75) is 52.5 Å². The predicted octanol–water partition coefficient (Wildman–Crippen LogP) is 3.70. The molecule has 1 aromatic carbocycles. The summed E-state index contributed by atoms with van der Waals surface area (Å²) in [6, 6.07) is 9.99. The molecular weight excluding hydrogens is 220 g/mol. The third-order valence-electron chi connectivity index (χ3n) is 3.14. The fourth-order valence-corrected chi connectivity index (χ4v) is 2.04. The van der Waals surface area contributed by atoms with Crippen LogP contribution in [0.25, 0.3) is 0 Å². The molecule has 0 radical (unpaired) electrons. The van der Waals surface area contributed by atoms with Crippen LogP contribution in [0.3, 0.4) is 0 Å². The van der Waals surface area contributed by atoms with Gasteiger partial charge in [-0.25, -0.2) is 0 Å². The van der Waals surface area contributed by atoms with Crippen molar-refractivity contribution in [3.05, 3.63) is 35.9 Å². The van der Waals surface area contributed by atoms with Crippen LogP contribution in [0.5, 0.6) is 0 Å². The van der Waals surface area contributed by atoms with Crippen molar-refractivity contribution in [3.8, 4) is 0 Å². The van der Waals surface area contributed by atoms with Crippen molar-refractivity contribution < 1.29 is 0 Å². The lowest BCUT2D eigenvalue weighted by atomic mass is 9.90. The van der Waals surface area contributed by atoms with Crippen LogP contribution in [-0.2, 0) is 6.54 Å². The lowest BCUT2D eigenvalue weighted by Gasteiger charge is -2.18. The SMILES string of the molecule is CC.NCC1CCCCC1.NCc1ccccc1. The highest BCUT2D eigenvalue weighted by atomic mass is 14.5. The van der Waals surface area contributed by atoms with Crippen LogP contribution < -0.4 is 11.5 Å². The number of rotatable bonds is 2. The molecule has 2 heteroatoms. The van der Waals surface area contributed by atoms with Gasteiger partial charge in [0.2, 0.25) is 0 Å². The first-order chi connectivity index (χ1) is 8.86. The van der Waals surface area contributed by atoms with E-state index in [1.807, 2.05) is 44.2 Å². The molecule has 0 heterocycles. The molecule has 0 unspecified atom stereocenters. The first kappa shape index (κ1) is 17.1. The summed E-state index contributed by atoms with van der Waals surface area (Å²) in [6.45, 7) is 5.56. The summed E-state index contributed by atoms with van der Waals surface area (Å²) in [4.78, 5) is 0. The van der Waals surface area contributed by atoms with Crippen molar-refractivity contribution in [1.29, 1.82) is 0 Å². The smallest absolute Gasteiger partial charge is 0.0178 e. The molecule has 1 saturated carbocycles. The molecule has 4 N–H and O–H groups in total. The van der Waals surface area contributed by atoms with Crippen molar-refractivity contribution in [2.24, 2.45) is 17.4 Å². The molecule has 2 nitrogen and oxygen atoms in total.